The number of alkyl halides is 3. The van der Waals surface area contributed by atoms with Gasteiger partial charge in [0, 0.05) is 26.8 Å². The maximum Gasteiger partial charge on any atom is 0.402 e. The largest absolute Gasteiger partial charge is 0.402 e. The molecule has 3 atom stereocenters. The molecule has 1 aliphatic carbocycles. The summed E-state index contributed by atoms with van der Waals surface area (Å²) in [6.07, 6.45) is -0.351. The van der Waals surface area contributed by atoms with Gasteiger partial charge < -0.3 is 9.30 Å². The molecule has 35 heavy (non-hydrogen) atoms. The van der Waals surface area contributed by atoms with E-state index in [4.69, 9.17) is 4.74 Å². The van der Waals surface area contributed by atoms with Gasteiger partial charge in [-0.25, -0.2) is 13.4 Å². The van der Waals surface area contributed by atoms with Crippen LogP contribution in [0, 0.1) is 5.92 Å². The van der Waals surface area contributed by atoms with Crippen molar-refractivity contribution in [2.45, 2.75) is 75.9 Å². The SMILES string of the molecule is CCC1CC(S(=O)(=O)CC(F)(F)F)CC1c1nnc2cnc3c(ccn3COCC[Si](C)(C)C)n12. The third-order valence-electron chi connectivity index (χ3n) is 6.78. The van der Waals surface area contributed by atoms with E-state index >= 15 is 0 Å². The zero-order valence-electron chi connectivity index (χ0n) is 20.4. The highest BCUT2D eigenvalue weighted by Gasteiger charge is 2.46. The van der Waals surface area contributed by atoms with Crippen molar-refractivity contribution in [2.24, 2.45) is 5.92 Å². The van der Waals surface area contributed by atoms with Crippen molar-refractivity contribution in [3.8, 4) is 0 Å². The van der Waals surface area contributed by atoms with Crippen LogP contribution in [0.15, 0.2) is 18.5 Å². The average molecular weight is 532 g/mol. The van der Waals surface area contributed by atoms with Crippen molar-refractivity contribution in [1.29, 1.82) is 0 Å². The van der Waals surface area contributed by atoms with E-state index in [-0.39, 0.29) is 24.7 Å². The average Bonchev–Trinajstić information content (AvgIpc) is 3.44. The molecule has 1 fully saturated rings. The van der Waals surface area contributed by atoms with Gasteiger partial charge in [-0.1, -0.05) is 33.0 Å². The lowest BCUT2D eigenvalue weighted by Crippen LogP contribution is -2.30. The Bertz CT molecular complexity index is 1300. The van der Waals surface area contributed by atoms with Gasteiger partial charge in [-0.05, 0) is 30.9 Å². The molecule has 0 aliphatic heterocycles. The quantitative estimate of drug-likeness (QED) is 0.295. The highest BCUT2D eigenvalue weighted by Crippen LogP contribution is 2.44. The summed E-state index contributed by atoms with van der Waals surface area (Å²) in [5, 5.41) is 7.53. The van der Waals surface area contributed by atoms with Gasteiger partial charge in [0.05, 0.1) is 17.0 Å². The minimum atomic E-state index is -4.75. The van der Waals surface area contributed by atoms with E-state index in [0.717, 1.165) is 11.6 Å². The molecule has 13 heteroatoms. The molecule has 3 unspecified atom stereocenters. The van der Waals surface area contributed by atoms with E-state index in [1.165, 1.54) is 0 Å². The van der Waals surface area contributed by atoms with Crippen LogP contribution in [0.2, 0.25) is 25.7 Å². The number of fused-ring (bicyclic) bond motifs is 3. The van der Waals surface area contributed by atoms with Crippen LogP contribution in [-0.2, 0) is 21.3 Å². The van der Waals surface area contributed by atoms with Gasteiger partial charge in [-0.3, -0.25) is 4.40 Å². The molecule has 3 aromatic rings. The summed E-state index contributed by atoms with van der Waals surface area (Å²) in [6.45, 7) is 9.81. The van der Waals surface area contributed by atoms with Crippen LogP contribution in [0.25, 0.3) is 16.8 Å². The number of rotatable bonds is 9. The monoisotopic (exact) mass is 531 g/mol. The standard InChI is InChI=1S/C22H32F3N5O3SSi/c1-5-15-10-16(34(31,32)13-22(23,24)25)11-17(15)20-28-27-19-12-26-21-18(30(19)20)6-7-29(21)14-33-8-9-35(2,3)4/h6-7,12,15-17H,5,8-11,13-14H2,1-4H3. The minimum absolute atomic E-state index is 0.0992. The Balaban J connectivity index is 1.62. The summed E-state index contributed by atoms with van der Waals surface area (Å²) in [4.78, 5) is 4.52. The second kappa shape index (κ2) is 9.47. The van der Waals surface area contributed by atoms with Crippen LogP contribution in [-0.4, -0.2) is 64.4 Å². The Morgan fingerprint density at radius 1 is 1.20 bits per heavy atom. The Morgan fingerprint density at radius 2 is 1.94 bits per heavy atom. The van der Waals surface area contributed by atoms with Crippen LogP contribution in [0.5, 0.6) is 0 Å². The molecule has 4 rings (SSSR count). The van der Waals surface area contributed by atoms with Crippen molar-refractivity contribution in [3.05, 3.63) is 24.3 Å². The van der Waals surface area contributed by atoms with E-state index in [1.807, 2.05) is 28.2 Å². The zero-order chi connectivity index (χ0) is 25.6. The molecule has 0 radical (unpaired) electrons. The van der Waals surface area contributed by atoms with Crippen LogP contribution in [0.1, 0.15) is 37.9 Å². The van der Waals surface area contributed by atoms with Crippen LogP contribution in [0.3, 0.4) is 0 Å². The summed E-state index contributed by atoms with van der Waals surface area (Å²) >= 11 is 0. The molecular weight excluding hydrogens is 499 g/mol. The molecule has 0 N–H and O–H groups in total. The first kappa shape index (κ1) is 26.1. The lowest BCUT2D eigenvalue weighted by Gasteiger charge is -2.16. The van der Waals surface area contributed by atoms with Gasteiger partial charge in [0.15, 0.2) is 21.1 Å². The first-order valence-corrected chi connectivity index (χ1v) is 17.3. The summed E-state index contributed by atoms with van der Waals surface area (Å²) in [5.41, 5.74) is 1.95. The maximum atomic E-state index is 12.9. The molecule has 0 saturated heterocycles. The normalized spacial score (nSPS) is 22.0. The molecule has 3 aromatic heterocycles. The molecular formula is C22H32F3N5O3SSi. The number of hydrogen-bond donors (Lipinski definition) is 0. The van der Waals surface area contributed by atoms with Crippen molar-refractivity contribution in [2.75, 3.05) is 12.4 Å². The van der Waals surface area contributed by atoms with E-state index in [2.05, 4.69) is 34.8 Å². The van der Waals surface area contributed by atoms with Crippen molar-refractivity contribution in [3.63, 3.8) is 0 Å². The first-order valence-electron chi connectivity index (χ1n) is 11.8. The fourth-order valence-corrected chi connectivity index (χ4v) is 7.38. The van der Waals surface area contributed by atoms with Gasteiger partial charge in [0.1, 0.15) is 18.3 Å². The summed E-state index contributed by atoms with van der Waals surface area (Å²) in [7, 11) is -5.51. The molecule has 0 spiro atoms. The Morgan fingerprint density at radius 3 is 2.60 bits per heavy atom. The molecule has 0 aromatic carbocycles. The predicted molar refractivity (Wildman–Crippen MR) is 130 cm³/mol. The van der Waals surface area contributed by atoms with Crippen LogP contribution < -0.4 is 0 Å². The third kappa shape index (κ3) is 5.72. The topological polar surface area (TPSA) is 91.4 Å². The Hall–Kier alpha value is -1.99. The molecule has 1 saturated carbocycles. The molecule has 194 valence electrons. The summed E-state index contributed by atoms with van der Waals surface area (Å²) in [5.74, 6) is -1.64. The van der Waals surface area contributed by atoms with Crippen LogP contribution >= 0.6 is 0 Å². The summed E-state index contributed by atoms with van der Waals surface area (Å²) < 4.78 is 73.3. The second-order valence-electron chi connectivity index (χ2n) is 10.6. The number of aromatic nitrogens is 5. The molecule has 8 nitrogen and oxygen atoms in total. The van der Waals surface area contributed by atoms with E-state index in [9.17, 15) is 21.6 Å². The Kier molecular flexibility index (Phi) is 7.06. The van der Waals surface area contributed by atoms with Crippen molar-refractivity contribution >= 4 is 34.7 Å². The van der Waals surface area contributed by atoms with Crippen molar-refractivity contribution in [1.82, 2.24) is 24.1 Å². The smallest absolute Gasteiger partial charge is 0.361 e. The molecule has 1 aliphatic rings. The van der Waals surface area contributed by atoms with Gasteiger partial charge >= 0.3 is 6.18 Å². The van der Waals surface area contributed by atoms with E-state index in [1.54, 1.807) is 6.20 Å². The number of sulfone groups is 1. The van der Waals surface area contributed by atoms with Gasteiger partial charge in [0.2, 0.25) is 0 Å². The number of hydrogen-bond acceptors (Lipinski definition) is 6. The minimum Gasteiger partial charge on any atom is -0.361 e. The highest BCUT2D eigenvalue weighted by atomic mass is 32.2. The number of nitrogens with zero attached hydrogens (tertiary/aromatic N) is 5. The maximum absolute atomic E-state index is 12.9. The van der Waals surface area contributed by atoms with Gasteiger partial charge in [-0.2, -0.15) is 13.2 Å². The fraction of sp³-hybridized carbons (Fsp3) is 0.682. The lowest BCUT2D eigenvalue weighted by molar-refractivity contribution is -0.106. The third-order valence-corrected chi connectivity index (χ3v) is 10.6. The Labute approximate surface area is 203 Å². The second-order valence-corrected chi connectivity index (χ2v) is 18.5. The van der Waals surface area contributed by atoms with Gasteiger partial charge in [-0.15, -0.1) is 10.2 Å². The van der Waals surface area contributed by atoms with E-state index < -0.39 is 35.1 Å². The molecule has 3 heterocycles. The zero-order valence-corrected chi connectivity index (χ0v) is 22.2. The number of ether oxygens (including phenoxy) is 1. The van der Waals surface area contributed by atoms with Crippen LogP contribution in [0.4, 0.5) is 13.2 Å². The summed E-state index contributed by atoms with van der Waals surface area (Å²) in [6, 6.07) is 2.94. The lowest BCUT2D eigenvalue weighted by atomic mass is 9.93. The first-order chi connectivity index (χ1) is 16.3. The van der Waals surface area contributed by atoms with E-state index in [0.29, 0.717) is 36.9 Å². The van der Waals surface area contributed by atoms with Gasteiger partial charge in [0.25, 0.3) is 0 Å². The predicted octanol–water partition coefficient (Wildman–Crippen LogP) is 4.64. The number of halogens is 3. The van der Waals surface area contributed by atoms with Crippen molar-refractivity contribution < 1.29 is 26.3 Å². The fourth-order valence-electron chi connectivity index (χ4n) is 4.89. The molecule has 0 amide bonds. The highest BCUT2D eigenvalue weighted by molar-refractivity contribution is 7.92. The molecule has 0 bridgehead atoms.